The number of hydrogen-bond donors (Lipinski definition) is 2. The molecule has 2 aromatic carbocycles. The molecule has 2 N–H and O–H groups in total. The molecule has 4 aromatic rings. The van der Waals surface area contributed by atoms with E-state index in [4.69, 9.17) is 0 Å². The van der Waals surface area contributed by atoms with Crippen molar-refractivity contribution in [1.82, 2.24) is 25.2 Å². The Morgan fingerprint density at radius 1 is 0.933 bits per heavy atom. The van der Waals surface area contributed by atoms with Gasteiger partial charge < -0.3 is 15.2 Å². The van der Waals surface area contributed by atoms with E-state index < -0.39 is 0 Å². The minimum absolute atomic E-state index is 0.294. The van der Waals surface area contributed by atoms with Crippen molar-refractivity contribution in [2.75, 3.05) is 6.54 Å². The Labute approximate surface area is 171 Å². The number of benzene rings is 2. The van der Waals surface area contributed by atoms with Crippen LogP contribution in [-0.4, -0.2) is 27.1 Å². The molecular formula is C22H19F2N5O. The van der Waals surface area contributed by atoms with Gasteiger partial charge in [0, 0.05) is 31.4 Å². The third-order valence-corrected chi connectivity index (χ3v) is 4.59. The summed E-state index contributed by atoms with van der Waals surface area (Å²) in [7, 11) is 0. The number of pyridine rings is 1. The van der Waals surface area contributed by atoms with Gasteiger partial charge in [-0.2, -0.15) is 0 Å². The number of halogens is 2. The average Bonchev–Trinajstić information content (AvgIpc) is 3.12. The summed E-state index contributed by atoms with van der Waals surface area (Å²) < 4.78 is 28.1. The maximum atomic E-state index is 13.3. The zero-order chi connectivity index (χ0) is 20.9. The van der Waals surface area contributed by atoms with Crippen molar-refractivity contribution in [3.05, 3.63) is 84.1 Å². The quantitative estimate of drug-likeness (QED) is 0.510. The lowest BCUT2D eigenvalue weighted by Gasteiger charge is -2.11. The second kappa shape index (κ2) is 8.69. The predicted octanol–water partition coefficient (Wildman–Crippen LogP) is 3.88. The lowest BCUT2D eigenvalue weighted by Crippen LogP contribution is -2.36. The van der Waals surface area contributed by atoms with Gasteiger partial charge in [0.05, 0.1) is 0 Å². The van der Waals surface area contributed by atoms with E-state index in [2.05, 4.69) is 20.6 Å². The summed E-state index contributed by atoms with van der Waals surface area (Å²) in [5.41, 5.74) is 2.97. The first kappa shape index (κ1) is 19.5. The van der Waals surface area contributed by atoms with E-state index in [1.165, 1.54) is 24.3 Å². The van der Waals surface area contributed by atoms with Crippen LogP contribution >= 0.6 is 0 Å². The molecule has 0 spiro atoms. The largest absolute Gasteiger partial charge is 0.336 e. The lowest BCUT2D eigenvalue weighted by atomic mass is 10.2. The molecule has 2 amide bonds. The van der Waals surface area contributed by atoms with Gasteiger partial charge in [-0.05, 0) is 54.1 Å². The van der Waals surface area contributed by atoms with Crippen LogP contribution in [0.25, 0.3) is 22.6 Å². The molecule has 0 aliphatic carbocycles. The van der Waals surface area contributed by atoms with Gasteiger partial charge in [-0.1, -0.05) is 12.1 Å². The highest BCUT2D eigenvalue weighted by atomic mass is 19.1. The topological polar surface area (TPSA) is 71.8 Å². The van der Waals surface area contributed by atoms with Crippen LogP contribution < -0.4 is 10.6 Å². The lowest BCUT2D eigenvalue weighted by molar-refractivity contribution is 0.240. The molecule has 0 bridgehead atoms. The van der Waals surface area contributed by atoms with Crippen molar-refractivity contribution in [2.24, 2.45) is 0 Å². The van der Waals surface area contributed by atoms with E-state index in [-0.39, 0.29) is 17.7 Å². The van der Waals surface area contributed by atoms with Gasteiger partial charge in [-0.15, -0.1) is 0 Å². The van der Waals surface area contributed by atoms with Gasteiger partial charge in [-0.25, -0.2) is 23.5 Å². The molecule has 152 valence electrons. The number of rotatable bonds is 6. The van der Waals surface area contributed by atoms with Gasteiger partial charge in [0.2, 0.25) is 0 Å². The first-order valence-corrected chi connectivity index (χ1v) is 9.43. The van der Waals surface area contributed by atoms with Crippen LogP contribution in [0.1, 0.15) is 5.56 Å². The monoisotopic (exact) mass is 407 g/mol. The average molecular weight is 407 g/mol. The number of aromatic nitrogens is 3. The Hall–Kier alpha value is -3.81. The second-order valence-electron chi connectivity index (χ2n) is 6.68. The second-order valence-corrected chi connectivity index (χ2v) is 6.68. The van der Waals surface area contributed by atoms with E-state index in [0.29, 0.717) is 31.1 Å². The van der Waals surface area contributed by atoms with E-state index >= 15 is 0 Å². The van der Waals surface area contributed by atoms with Gasteiger partial charge in [0.25, 0.3) is 0 Å². The fraction of sp³-hybridized carbons (Fsp3) is 0.136. The van der Waals surface area contributed by atoms with Crippen molar-refractivity contribution in [2.45, 2.75) is 13.1 Å². The summed E-state index contributed by atoms with van der Waals surface area (Å²) in [6, 6.07) is 15.4. The number of hydrogen-bond acceptors (Lipinski definition) is 3. The summed E-state index contributed by atoms with van der Waals surface area (Å²) in [5, 5.41) is 5.53. The van der Waals surface area contributed by atoms with Gasteiger partial charge in [-0.3, -0.25) is 0 Å². The molecule has 0 fully saturated rings. The van der Waals surface area contributed by atoms with Crippen LogP contribution in [-0.2, 0) is 13.1 Å². The zero-order valence-corrected chi connectivity index (χ0v) is 16.0. The van der Waals surface area contributed by atoms with E-state index in [0.717, 1.165) is 16.6 Å². The number of nitrogens with zero attached hydrogens (tertiary/aromatic N) is 3. The molecule has 0 radical (unpaired) electrons. The highest BCUT2D eigenvalue weighted by molar-refractivity contribution is 5.77. The molecule has 2 heterocycles. The molecule has 0 aliphatic rings. The third-order valence-electron chi connectivity index (χ3n) is 4.59. The molecule has 0 atom stereocenters. The third kappa shape index (κ3) is 4.43. The van der Waals surface area contributed by atoms with Gasteiger partial charge in [0.1, 0.15) is 23.0 Å². The highest BCUT2D eigenvalue weighted by Crippen LogP contribution is 2.23. The molecule has 30 heavy (non-hydrogen) atoms. The number of carbonyl (C=O) groups excluding carboxylic acids is 1. The van der Waals surface area contributed by atoms with Crippen molar-refractivity contribution in [3.63, 3.8) is 0 Å². The number of nitrogens with one attached hydrogen (secondary N) is 2. The summed E-state index contributed by atoms with van der Waals surface area (Å²) in [6.07, 6.45) is 1.68. The first-order chi connectivity index (χ1) is 14.6. The van der Waals surface area contributed by atoms with Crippen LogP contribution in [0.5, 0.6) is 0 Å². The van der Waals surface area contributed by atoms with Crippen molar-refractivity contribution < 1.29 is 13.6 Å². The molecule has 6 nitrogen and oxygen atoms in total. The summed E-state index contributed by atoms with van der Waals surface area (Å²) in [6.45, 7) is 1.07. The molecular weight excluding hydrogens is 388 g/mol. The Balaban J connectivity index is 1.43. The summed E-state index contributed by atoms with van der Waals surface area (Å²) >= 11 is 0. The molecule has 2 aromatic heterocycles. The Morgan fingerprint density at radius 2 is 1.63 bits per heavy atom. The van der Waals surface area contributed by atoms with Crippen LogP contribution in [0.15, 0.2) is 66.9 Å². The predicted molar refractivity (Wildman–Crippen MR) is 110 cm³/mol. The van der Waals surface area contributed by atoms with Crippen LogP contribution in [0.4, 0.5) is 13.6 Å². The summed E-state index contributed by atoms with van der Waals surface area (Å²) in [4.78, 5) is 21.1. The minimum atomic E-state index is -0.333. The van der Waals surface area contributed by atoms with Crippen molar-refractivity contribution in [3.8, 4) is 11.4 Å². The minimum Gasteiger partial charge on any atom is -0.336 e. The number of carbonyl (C=O) groups is 1. The fourth-order valence-corrected chi connectivity index (χ4v) is 3.12. The number of imidazole rings is 1. The number of urea groups is 1. The van der Waals surface area contributed by atoms with Crippen LogP contribution in [0.2, 0.25) is 0 Å². The van der Waals surface area contributed by atoms with Gasteiger partial charge in [0.15, 0.2) is 5.65 Å². The van der Waals surface area contributed by atoms with Crippen molar-refractivity contribution in [1.29, 1.82) is 0 Å². The SMILES string of the molecule is O=C(NCCn1c(-c2ccc(F)cc2)nc2cccnc21)NCc1ccc(F)cc1. The number of amides is 2. The normalized spacial score (nSPS) is 10.9. The Morgan fingerprint density at radius 3 is 2.37 bits per heavy atom. The van der Waals surface area contributed by atoms with E-state index in [1.54, 1.807) is 36.5 Å². The molecule has 0 saturated carbocycles. The molecule has 0 saturated heterocycles. The Kier molecular flexibility index (Phi) is 5.65. The number of fused-ring (bicyclic) bond motifs is 1. The highest BCUT2D eigenvalue weighted by Gasteiger charge is 2.13. The van der Waals surface area contributed by atoms with Crippen LogP contribution in [0, 0.1) is 11.6 Å². The molecule has 8 heteroatoms. The maximum absolute atomic E-state index is 13.3. The first-order valence-electron chi connectivity index (χ1n) is 9.43. The smallest absolute Gasteiger partial charge is 0.315 e. The molecule has 0 aliphatic heterocycles. The molecule has 4 rings (SSSR count). The Bertz CT molecular complexity index is 1160. The van der Waals surface area contributed by atoms with Crippen molar-refractivity contribution >= 4 is 17.2 Å². The van der Waals surface area contributed by atoms with Gasteiger partial charge >= 0.3 is 6.03 Å². The van der Waals surface area contributed by atoms with E-state index in [9.17, 15) is 13.6 Å². The zero-order valence-electron chi connectivity index (χ0n) is 16.0. The maximum Gasteiger partial charge on any atom is 0.315 e. The van der Waals surface area contributed by atoms with E-state index in [1.807, 2.05) is 10.6 Å². The standard InChI is InChI=1S/C22H19F2N5O/c23-17-7-3-15(4-8-17)14-27-22(30)26-12-13-29-20(16-5-9-18(24)10-6-16)28-19-2-1-11-25-21(19)29/h1-11H,12-14H2,(H2,26,27,30). The fourth-order valence-electron chi connectivity index (χ4n) is 3.12. The van der Waals surface area contributed by atoms with Crippen LogP contribution in [0.3, 0.4) is 0 Å². The molecule has 0 unspecified atom stereocenters. The summed E-state index contributed by atoms with van der Waals surface area (Å²) in [5.74, 6) is 0.0116.